The van der Waals surface area contributed by atoms with Crippen molar-refractivity contribution in [3.8, 4) is 0 Å². The van der Waals surface area contributed by atoms with Crippen molar-refractivity contribution < 1.29 is 0 Å². The number of fused-ring (bicyclic) bond motifs is 1. The van der Waals surface area contributed by atoms with Crippen LogP contribution in [-0.2, 0) is 0 Å². The molecule has 2 aromatic heterocycles. The smallest absolute Gasteiger partial charge is 0.224 e. The first kappa shape index (κ1) is 12.4. The van der Waals surface area contributed by atoms with Gasteiger partial charge >= 0.3 is 0 Å². The average molecular weight is 387 g/mol. The molecule has 4 N–H and O–H groups in total. The van der Waals surface area contributed by atoms with Gasteiger partial charge in [-0.15, -0.1) is 0 Å². The van der Waals surface area contributed by atoms with Crippen molar-refractivity contribution in [3.63, 3.8) is 0 Å². The first-order chi connectivity index (χ1) is 9.13. The molecule has 0 saturated carbocycles. The Bertz CT molecular complexity index is 756. The predicted octanol–water partition coefficient (Wildman–Crippen LogP) is 2.94. The van der Waals surface area contributed by atoms with Crippen molar-refractivity contribution in [3.05, 3.63) is 33.0 Å². The van der Waals surface area contributed by atoms with Gasteiger partial charge in [-0.1, -0.05) is 11.6 Å². The third kappa shape index (κ3) is 2.43. The number of aromatic amines is 1. The van der Waals surface area contributed by atoms with E-state index < -0.39 is 0 Å². The molecule has 0 aliphatic carbocycles. The first-order valence-electron chi connectivity index (χ1n) is 5.32. The molecule has 0 aliphatic heterocycles. The maximum Gasteiger partial charge on any atom is 0.224 e. The van der Waals surface area contributed by atoms with Crippen LogP contribution in [0, 0.1) is 3.57 Å². The number of nitrogens with one attached hydrogen (secondary N) is 2. The van der Waals surface area contributed by atoms with Crippen LogP contribution in [0.3, 0.4) is 0 Å². The summed E-state index contributed by atoms with van der Waals surface area (Å²) in [5, 5.41) is 11.2. The van der Waals surface area contributed by atoms with Crippen LogP contribution in [0.2, 0.25) is 5.02 Å². The number of benzene rings is 1. The van der Waals surface area contributed by atoms with Crippen LogP contribution in [0.4, 0.5) is 17.5 Å². The number of halogens is 2. The van der Waals surface area contributed by atoms with Gasteiger partial charge in [0.05, 0.1) is 22.3 Å². The average Bonchev–Trinajstić information content (AvgIpc) is 2.80. The van der Waals surface area contributed by atoms with Crippen molar-refractivity contribution in [2.24, 2.45) is 0 Å². The maximum absolute atomic E-state index is 6.18. The molecule has 2 heterocycles. The Morgan fingerprint density at radius 2 is 2.16 bits per heavy atom. The summed E-state index contributed by atoms with van der Waals surface area (Å²) >= 11 is 8.38. The van der Waals surface area contributed by atoms with Gasteiger partial charge in [-0.05, 0) is 40.8 Å². The van der Waals surface area contributed by atoms with Crippen LogP contribution in [0.1, 0.15) is 0 Å². The van der Waals surface area contributed by atoms with E-state index in [9.17, 15) is 0 Å². The molecule has 0 atom stereocenters. The minimum absolute atomic E-state index is 0.167. The third-order valence-corrected chi connectivity index (χ3v) is 3.49. The van der Waals surface area contributed by atoms with Gasteiger partial charge in [0.25, 0.3) is 0 Å². The van der Waals surface area contributed by atoms with Crippen LogP contribution >= 0.6 is 34.2 Å². The topological polar surface area (TPSA) is 92.5 Å². The fourth-order valence-corrected chi connectivity index (χ4v) is 2.57. The Hall–Kier alpha value is -1.61. The molecular formula is C11H8ClIN6. The number of H-pyrrole nitrogens is 1. The molecule has 0 spiro atoms. The zero-order valence-corrected chi connectivity index (χ0v) is 12.4. The van der Waals surface area contributed by atoms with Crippen LogP contribution in [0.15, 0.2) is 24.4 Å². The molecule has 3 rings (SSSR count). The fraction of sp³-hybridized carbons (Fsp3) is 0. The highest BCUT2D eigenvalue weighted by molar-refractivity contribution is 14.1. The van der Waals surface area contributed by atoms with Crippen molar-refractivity contribution in [1.29, 1.82) is 0 Å². The summed E-state index contributed by atoms with van der Waals surface area (Å²) in [4.78, 5) is 8.22. The highest BCUT2D eigenvalue weighted by Crippen LogP contribution is 2.29. The largest absolute Gasteiger partial charge is 0.368 e. The molecule has 0 amide bonds. The molecule has 0 fully saturated rings. The summed E-state index contributed by atoms with van der Waals surface area (Å²) in [6, 6.07) is 5.70. The summed E-state index contributed by atoms with van der Waals surface area (Å²) in [6.07, 6.45) is 1.64. The van der Waals surface area contributed by atoms with Crippen molar-refractivity contribution in [2.75, 3.05) is 11.1 Å². The van der Waals surface area contributed by atoms with Gasteiger partial charge in [-0.2, -0.15) is 15.1 Å². The van der Waals surface area contributed by atoms with E-state index in [-0.39, 0.29) is 5.95 Å². The monoisotopic (exact) mass is 386 g/mol. The van der Waals surface area contributed by atoms with E-state index in [4.69, 9.17) is 17.3 Å². The lowest BCUT2D eigenvalue weighted by Crippen LogP contribution is -2.01. The quantitative estimate of drug-likeness (QED) is 0.589. The fourth-order valence-electron chi connectivity index (χ4n) is 1.67. The number of nitrogen functional groups attached to an aromatic ring is 1. The molecule has 0 aliphatic rings. The molecular weight excluding hydrogens is 379 g/mol. The summed E-state index contributed by atoms with van der Waals surface area (Å²) < 4.78 is 1.06. The Kier molecular flexibility index (Phi) is 3.15. The zero-order valence-electron chi connectivity index (χ0n) is 9.48. The summed E-state index contributed by atoms with van der Waals surface area (Å²) in [5.74, 6) is 0.736. The van der Waals surface area contributed by atoms with E-state index in [1.165, 1.54) is 0 Å². The van der Waals surface area contributed by atoms with E-state index in [2.05, 4.69) is 48.1 Å². The maximum atomic E-state index is 6.18. The molecule has 8 heteroatoms. The van der Waals surface area contributed by atoms with E-state index in [0.29, 0.717) is 16.5 Å². The van der Waals surface area contributed by atoms with Crippen LogP contribution in [0.25, 0.3) is 11.0 Å². The number of rotatable bonds is 2. The number of nitrogens with zero attached hydrogens (tertiary/aromatic N) is 3. The van der Waals surface area contributed by atoms with Gasteiger partial charge in [0, 0.05) is 3.57 Å². The molecule has 3 aromatic rings. The standard InChI is InChI=1S/C11H8ClIN6/c12-7-3-5(13)1-2-8(7)16-9-6-4-15-19-10(6)18-11(14)17-9/h1-4H,(H4,14,15,16,17,18,19). The SMILES string of the molecule is Nc1nc(Nc2ccc(I)cc2Cl)c2cn[nH]c2n1. The second-order valence-corrected chi connectivity index (χ2v) is 5.46. The summed E-state index contributed by atoms with van der Waals surface area (Å²) in [7, 11) is 0. The third-order valence-electron chi connectivity index (χ3n) is 2.51. The van der Waals surface area contributed by atoms with Gasteiger partial charge in [-0.3, -0.25) is 5.10 Å². The van der Waals surface area contributed by atoms with E-state index >= 15 is 0 Å². The molecule has 0 saturated heterocycles. The number of aromatic nitrogens is 4. The predicted molar refractivity (Wildman–Crippen MR) is 83.5 cm³/mol. The molecule has 6 nitrogen and oxygen atoms in total. The highest BCUT2D eigenvalue weighted by Gasteiger charge is 2.10. The number of hydrogen-bond acceptors (Lipinski definition) is 5. The summed E-state index contributed by atoms with van der Waals surface area (Å²) in [6.45, 7) is 0. The second-order valence-electron chi connectivity index (χ2n) is 3.81. The van der Waals surface area contributed by atoms with E-state index in [0.717, 1.165) is 14.6 Å². The Morgan fingerprint density at radius 1 is 1.32 bits per heavy atom. The van der Waals surface area contributed by atoms with Gasteiger partial charge in [0.15, 0.2) is 5.65 Å². The number of anilines is 3. The normalized spacial score (nSPS) is 10.8. The molecule has 0 radical (unpaired) electrons. The zero-order chi connectivity index (χ0) is 13.4. The van der Waals surface area contributed by atoms with Crippen LogP contribution in [-0.4, -0.2) is 20.2 Å². The first-order valence-corrected chi connectivity index (χ1v) is 6.78. The lowest BCUT2D eigenvalue weighted by atomic mass is 10.3. The van der Waals surface area contributed by atoms with Gasteiger partial charge in [0.2, 0.25) is 5.95 Å². The van der Waals surface area contributed by atoms with Crippen molar-refractivity contribution in [1.82, 2.24) is 20.2 Å². The lowest BCUT2D eigenvalue weighted by molar-refractivity contribution is 1.09. The van der Waals surface area contributed by atoms with Gasteiger partial charge in [-0.25, -0.2) is 0 Å². The second kappa shape index (κ2) is 4.82. The van der Waals surface area contributed by atoms with E-state index in [1.54, 1.807) is 6.20 Å². The van der Waals surface area contributed by atoms with Crippen LogP contribution in [0.5, 0.6) is 0 Å². The van der Waals surface area contributed by atoms with Crippen LogP contribution < -0.4 is 11.1 Å². The highest BCUT2D eigenvalue weighted by atomic mass is 127. The van der Waals surface area contributed by atoms with Crippen molar-refractivity contribution in [2.45, 2.75) is 0 Å². The van der Waals surface area contributed by atoms with Gasteiger partial charge in [0.1, 0.15) is 5.82 Å². The Labute approximate surface area is 126 Å². The number of nitrogens with two attached hydrogens (primary N) is 1. The Balaban J connectivity index is 2.07. The minimum atomic E-state index is 0.167. The Morgan fingerprint density at radius 3 is 2.95 bits per heavy atom. The molecule has 0 unspecified atom stereocenters. The lowest BCUT2D eigenvalue weighted by Gasteiger charge is -2.09. The molecule has 0 bridgehead atoms. The molecule has 19 heavy (non-hydrogen) atoms. The minimum Gasteiger partial charge on any atom is -0.368 e. The van der Waals surface area contributed by atoms with E-state index in [1.807, 2.05) is 18.2 Å². The summed E-state index contributed by atoms with van der Waals surface area (Å²) in [5.41, 5.74) is 6.99. The molecule has 1 aromatic carbocycles. The molecule has 96 valence electrons. The van der Waals surface area contributed by atoms with Gasteiger partial charge < -0.3 is 11.1 Å². The number of hydrogen-bond donors (Lipinski definition) is 3. The van der Waals surface area contributed by atoms with Crippen molar-refractivity contribution >= 4 is 62.7 Å².